The van der Waals surface area contributed by atoms with E-state index in [1.807, 2.05) is 36.4 Å². The number of allylic oxidation sites excluding steroid dienone is 2. The predicted octanol–water partition coefficient (Wildman–Crippen LogP) is 3.98. The Morgan fingerprint density at radius 3 is 2.40 bits per heavy atom. The van der Waals surface area contributed by atoms with Crippen LogP contribution in [-0.2, 0) is 25.8 Å². The van der Waals surface area contributed by atoms with Gasteiger partial charge in [-0.2, -0.15) is 0 Å². The van der Waals surface area contributed by atoms with Crippen molar-refractivity contribution in [2.45, 2.75) is 42.0 Å². The number of fused-ring (bicyclic) bond motifs is 4. The number of halogens is 2. The average Bonchev–Trinajstić information content (AvgIpc) is 3.27. The number of benzene rings is 2. The highest BCUT2D eigenvalue weighted by molar-refractivity contribution is 6.53. The van der Waals surface area contributed by atoms with Crippen molar-refractivity contribution in [3.63, 3.8) is 0 Å². The average molecular weight is 583 g/mol. The number of ether oxygens (including phenoxy) is 1. The monoisotopic (exact) mass is 582 g/mol. The minimum absolute atomic E-state index is 0.0773. The Hall–Kier alpha value is -3.36. The van der Waals surface area contributed by atoms with E-state index in [-0.39, 0.29) is 43.6 Å². The molecule has 208 valence electrons. The lowest BCUT2D eigenvalue weighted by Gasteiger charge is -2.50. The van der Waals surface area contributed by atoms with Crippen LogP contribution in [0.15, 0.2) is 60.2 Å². The van der Waals surface area contributed by atoms with Crippen molar-refractivity contribution in [2.24, 2.45) is 17.8 Å². The molecule has 2 aliphatic carbocycles. The number of amides is 4. The number of hydrogen-bond acceptors (Lipinski definition) is 6. The standard InChI is InChI=1S/C30H28Cl2N2O6/c1-3-34-25(36)20-12-11-18-21(23(20)26(34)37)14-29(31)27(38)33(2)28(39)30(29,32)24(18)19-10-9-17(13-22(19)35)40-15-16-7-5-4-6-8-16/h4-11,13,20-21,23-24,35H,3,12,14-15H2,1-2H3/t20-,21+,23-,24+,29+,30-/m0/s1. The molecule has 6 rings (SSSR count). The number of rotatable bonds is 5. The molecule has 1 N–H and O–H groups in total. The molecule has 4 amide bonds. The summed E-state index contributed by atoms with van der Waals surface area (Å²) in [6.07, 6.45) is 2.05. The summed E-state index contributed by atoms with van der Waals surface area (Å²) in [5.74, 6) is -4.60. The van der Waals surface area contributed by atoms with Crippen LogP contribution < -0.4 is 4.74 Å². The molecule has 0 bridgehead atoms. The van der Waals surface area contributed by atoms with Crippen LogP contribution in [0.4, 0.5) is 0 Å². The molecule has 2 aromatic rings. The Bertz CT molecular complexity index is 1480. The highest BCUT2D eigenvalue weighted by Gasteiger charge is 2.76. The largest absolute Gasteiger partial charge is 0.508 e. The van der Waals surface area contributed by atoms with E-state index in [4.69, 9.17) is 27.9 Å². The predicted molar refractivity (Wildman–Crippen MR) is 147 cm³/mol. The fraction of sp³-hybridized carbons (Fsp3) is 0.400. The molecule has 2 aliphatic heterocycles. The molecule has 0 aromatic heterocycles. The molecular weight excluding hydrogens is 555 g/mol. The number of phenols is 1. The third-order valence-corrected chi connectivity index (χ3v) is 10.4. The molecule has 2 aromatic carbocycles. The molecule has 8 nitrogen and oxygen atoms in total. The third kappa shape index (κ3) is 3.51. The second kappa shape index (κ2) is 9.35. The fourth-order valence-corrected chi connectivity index (χ4v) is 8.08. The van der Waals surface area contributed by atoms with E-state index in [0.29, 0.717) is 16.9 Å². The molecule has 0 spiro atoms. The van der Waals surface area contributed by atoms with E-state index < -0.39 is 45.2 Å². The molecule has 40 heavy (non-hydrogen) atoms. The minimum Gasteiger partial charge on any atom is -0.508 e. The minimum atomic E-state index is -1.95. The maximum absolute atomic E-state index is 13.6. The van der Waals surface area contributed by atoms with E-state index in [9.17, 15) is 24.3 Å². The van der Waals surface area contributed by atoms with Crippen LogP contribution in [-0.4, -0.2) is 61.9 Å². The Morgan fingerprint density at radius 2 is 1.73 bits per heavy atom. The number of aromatic hydroxyl groups is 1. The second-order valence-corrected chi connectivity index (χ2v) is 12.2. The Labute approximate surface area is 241 Å². The van der Waals surface area contributed by atoms with Crippen LogP contribution in [0.2, 0.25) is 0 Å². The van der Waals surface area contributed by atoms with E-state index >= 15 is 0 Å². The lowest BCUT2D eigenvalue weighted by molar-refractivity contribution is -0.141. The molecular formula is C30H28Cl2N2O6. The third-order valence-electron chi connectivity index (χ3n) is 8.98. The summed E-state index contributed by atoms with van der Waals surface area (Å²) in [5.41, 5.74) is 1.88. The Balaban J connectivity index is 1.45. The summed E-state index contributed by atoms with van der Waals surface area (Å²) in [6.45, 7) is 2.27. The molecule has 0 radical (unpaired) electrons. The van der Waals surface area contributed by atoms with E-state index in [1.54, 1.807) is 19.1 Å². The maximum atomic E-state index is 13.6. The maximum Gasteiger partial charge on any atom is 0.253 e. The number of likely N-dealkylation sites (tertiary alicyclic amines) is 2. The fourth-order valence-electron chi connectivity index (χ4n) is 7.06. The van der Waals surface area contributed by atoms with Crippen molar-refractivity contribution in [3.8, 4) is 11.5 Å². The Morgan fingerprint density at radius 1 is 1.00 bits per heavy atom. The summed E-state index contributed by atoms with van der Waals surface area (Å²) in [4.78, 5) is 51.9. The van der Waals surface area contributed by atoms with Crippen LogP contribution in [0.1, 0.15) is 36.8 Å². The first-order valence-electron chi connectivity index (χ1n) is 13.3. The zero-order chi connectivity index (χ0) is 28.6. The van der Waals surface area contributed by atoms with Gasteiger partial charge in [0.25, 0.3) is 11.8 Å². The number of phenolic OH excluding ortho intramolecular Hbond substituents is 1. The van der Waals surface area contributed by atoms with Gasteiger partial charge in [-0.05, 0) is 37.3 Å². The van der Waals surface area contributed by atoms with Gasteiger partial charge in [-0.3, -0.25) is 29.0 Å². The SMILES string of the molecule is CCN1C(=O)[C@H]2[C@H](CC=C3[C@H]2C[C@@]2(Cl)C(=O)N(C)C(=O)[C@@]2(Cl)[C@H]3c2ccc(OCc3ccccc3)cc2O)C1=O. The summed E-state index contributed by atoms with van der Waals surface area (Å²) < 4.78 is 5.86. The quantitative estimate of drug-likeness (QED) is 0.325. The van der Waals surface area contributed by atoms with Crippen molar-refractivity contribution in [1.29, 1.82) is 0 Å². The van der Waals surface area contributed by atoms with Crippen molar-refractivity contribution >= 4 is 46.8 Å². The summed E-state index contributed by atoms with van der Waals surface area (Å²) in [6, 6.07) is 14.3. The van der Waals surface area contributed by atoms with Crippen molar-refractivity contribution in [1.82, 2.24) is 9.80 Å². The van der Waals surface area contributed by atoms with E-state index in [2.05, 4.69) is 0 Å². The van der Waals surface area contributed by atoms with Gasteiger partial charge in [0, 0.05) is 31.1 Å². The summed E-state index contributed by atoms with van der Waals surface area (Å²) in [7, 11) is 1.33. The molecule has 2 heterocycles. The highest BCUT2D eigenvalue weighted by atomic mass is 35.5. The molecule has 3 fully saturated rings. The van der Waals surface area contributed by atoms with Crippen LogP contribution in [0.5, 0.6) is 11.5 Å². The van der Waals surface area contributed by atoms with Crippen LogP contribution in [0, 0.1) is 17.8 Å². The zero-order valence-corrected chi connectivity index (χ0v) is 23.5. The van der Waals surface area contributed by atoms with Gasteiger partial charge in [0.2, 0.25) is 11.8 Å². The lowest BCUT2D eigenvalue weighted by atomic mass is 9.56. The molecule has 6 atom stereocenters. The zero-order valence-electron chi connectivity index (χ0n) is 22.0. The lowest BCUT2D eigenvalue weighted by Crippen LogP contribution is -2.60. The van der Waals surface area contributed by atoms with Crippen molar-refractivity contribution < 1.29 is 29.0 Å². The first-order chi connectivity index (χ1) is 19.0. The van der Waals surface area contributed by atoms with Crippen LogP contribution >= 0.6 is 23.2 Å². The van der Waals surface area contributed by atoms with E-state index in [1.165, 1.54) is 18.0 Å². The summed E-state index contributed by atoms with van der Waals surface area (Å²) in [5, 5.41) is 11.3. The van der Waals surface area contributed by atoms with Gasteiger partial charge in [0.1, 0.15) is 18.1 Å². The van der Waals surface area contributed by atoms with Gasteiger partial charge in [-0.25, -0.2) is 0 Å². The van der Waals surface area contributed by atoms with Gasteiger partial charge < -0.3 is 9.84 Å². The van der Waals surface area contributed by atoms with Crippen LogP contribution in [0.25, 0.3) is 0 Å². The molecule has 4 aliphatic rings. The molecule has 1 saturated carbocycles. The first-order valence-corrected chi connectivity index (χ1v) is 14.0. The number of carbonyl (C=O) groups is 4. The van der Waals surface area contributed by atoms with Gasteiger partial charge in [0.05, 0.1) is 11.8 Å². The van der Waals surface area contributed by atoms with E-state index in [0.717, 1.165) is 10.5 Å². The second-order valence-electron chi connectivity index (χ2n) is 10.9. The van der Waals surface area contributed by atoms with Crippen LogP contribution in [0.3, 0.4) is 0 Å². The van der Waals surface area contributed by atoms with Gasteiger partial charge in [-0.1, -0.05) is 48.0 Å². The normalized spacial score (nSPS) is 33.0. The van der Waals surface area contributed by atoms with Crippen molar-refractivity contribution in [2.75, 3.05) is 13.6 Å². The highest BCUT2D eigenvalue weighted by Crippen LogP contribution is 2.66. The summed E-state index contributed by atoms with van der Waals surface area (Å²) >= 11 is 14.3. The molecule has 2 saturated heterocycles. The number of carbonyl (C=O) groups excluding carboxylic acids is 4. The van der Waals surface area contributed by atoms with Gasteiger partial charge >= 0.3 is 0 Å². The van der Waals surface area contributed by atoms with Gasteiger partial charge in [0.15, 0.2) is 9.75 Å². The number of hydrogen-bond donors (Lipinski definition) is 1. The number of alkyl halides is 2. The topological polar surface area (TPSA) is 104 Å². The smallest absolute Gasteiger partial charge is 0.253 e. The van der Waals surface area contributed by atoms with Crippen molar-refractivity contribution in [3.05, 3.63) is 71.3 Å². The first kappa shape index (κ1) is 26.8. The number of nitrogens with zero attached hydrogens (tertiary/aromatic N) is 2. The molecule has 0 unspecified atom stereocenters. The Kier molecular flexibility index (Phi) is 6.27. The van der Waals surface area contributed by atoms with Gasteiger partial charge in [-0.15, -0.1) is 23.2 Å². The number of imide groups is 2. The molecule has 10 heteroatoms.